The quantitative estimate of drug-likeness (QED) is 0.807. The van der Waals surface area contributed by atoms with Crippen molar-refractivity contribution in [1.29, 1.82) is 0 Å². The summed E-state index contributed by atoms with van der Waals surface area (Å²) in [7, 11) is 0. The SMILES string of the molecule is CC(C)c1ccccc1Nc1nccc(NC2CCCCC2)n1. The predicted octanol–water partition coefficient (Wildman–Crippen LogP) is 5.09. The largest absolute Gasteiger partial charge is 0.367 e. The zero-order chi connectivity index (χ0) is 16.1. The standard InChI is InChI=1S/C19H26N4/c1-14(2)16-10-6-7-11-17(16)22-19-20-13-12-18(23-19)21-15-8-4-3-5-9-15/h6-7,10-15H,3-5,8-9H2,1-2H3,(H2,20,21,22,23). The van der Waals surface area contributed by atoms with Gasteiger partial charge >= 0.3 is 0 Å². The van der Waals surface area contributed by atoms with E-state index in [1.54, 1.807) is 0 Å². The smallest absolute Gasteiger partial charge is 0.229 e. The van der Waals surface area contributed by atoms with Crippen molar-refractivity contribution >= 4 is 17.5 Å². The van der Waals surface area contributed by atoms with E-state index in [0.29, 0.717) is 17.9 Å². The van der Waals surface area contributed by atoms with E-state index < -0.39 is 0 Å². The highest BCUT2D eigenvalue weighted by atomic mass is 15.1. The summed E-state index contributed by atoms with van der Waals surface area (Å²) in [5, 5.41) is 6.92. The fourth-order valence-electron chi connectivity index (χ4n) is 3.19. The van der Waals surface area contributed by atoms with E-state index >= 15 is 0 Å². The number of benzene rings is 1. The maximum atomic E-state index is 4.63. The van der Waals surface area contributed by atoms with Crippen LogP contribution in [0.4, 0.5) is 17.5 Å². The lowest BCUT2D eigenvalue weighted by molar-refractivity contribution is 0.462. The summed E-state index contributed by atoms with van der Waals surface area (Å²) in [4.78, 5) is 9.00. The van der Waals surface area contributed by atoms with E-state index in [-0.39, 0.29) is 0 Å². The molecule has 1 fully saturated rings. The van der Waals surface area contributed by atoms with Crippen LogP contribution in [0.25, 0.3) is 0 Å². The Hall–Kier alpha value is -2.10. The third-order valence-corrected chi connectivity index (χ3v) is 4.44. The van der Waals surface area contributed by atoms with Crippen LogP contribution in [0.15, 0.2) is 36.5 Å². The van der Waals surface area contributed by atoms with Crippen LogP contribution >= 0.6 is 0 Å². The molecule has 1 aromatic carbocycles. The van der Waals surface area contributed by atoms with Crippen molar-refractivity contribution in [2.24, 2.45) is 0 Å². The number of rotatable bonds is 5. The van der Waals surface area contributed by atoms with Crippen LogP contribution in [0.1, 0.15) is 57.4 Å². The fraction of sp³-hybridized carbons (Fsp3) is 0.474. The van der Waals surface area contributed by atoms with Crippen molar-refractivity contribution in [2.75, 3.05) is 10.6 Å². The van der Waals surface area contributed by atoms with E-state index in [2.05, 4.69) is 52.6 Å². The number of hydrogen-bond acceptors (Lipinski definition) is 4. The zero-order valence-corrected chi connectivity index (χ0v) is 14.0. The highest BCUT2D eigenvalue weighted by Crippen LogP contribution is 2.26. The van der Waals surface area contributed by atoms with Crippen LogP contribution in [0.5, 0.6) is 0 Å². The topological polar surface area (TPSA) is 49.8 Å². The van der Waals surface area contributed by atoms with Gasteiger partial charge in [-0.2, -0.15) is 4.98 Å². The first kappa shape index (κ1) is 15.8. The van der Waals surface area contributed by atoms with E-state index in [9.17, 15) is 0 Å². The average molecular weight is 310 g/mol. The number of aromatic nitrogens is 2. The molecule has 0 atom stereocenters. The van der Waals surface area contributed by atoms with E-state index in [4.69, 9.17) is 0 Å². The molecule has 1 aliphatic rings. The molecule has 3 rings (SSSR count). The van der Waals surface area contributed by atoms with Crippen LogP contribution in [-0.2, 0) is 0 Å². The highest BCUT2D eigenvalue weighted by Gasteiger charge is 2.14. The van der Waals surface area contributed by atoms with Crippen LogP contribution in [0.3, 0.4) is 0 Å². The highest BCUT2D eigenvalue weighted by molar-refractivity contribution is 5.60. The molecule has 0 unspecified atom stereocenters. The van der Waals surface area contributed by atoms with Gasteiger partial charge in [-0.1, -0.05) is 51.3 Å². The van der Waals surface area contributed by atoms with Crippen molar-refractivity contribution in [3.8, 4) is 0 Å². The number of anilines is 3. The van der Waals surface area contributed by atoms with Gasteiger partial charge < -0.3 is 10.6 Å². The Morgan fingerprint density at radius 1 is 1.04 bits per heavy atom. The number of nitrogens with zero attached hydrogens (tertiary/aromatic N) is 2. The van der Waals surface area contributed by atoms with Gasteiger partial charge in [-0.3, -0.25) is 0 Å². The summed E-state index contributed by atoms with van der Waals surface area (Å²) in [5.74, 6) is 2.03. The van der Waals surface area contributed by atoms with Crippen LogP contribution in [0, 0.1) is 0 Å². The Balaban J connectivity index is 1.72. The predicted molar refractivity (Wildman–Crippen MR) is 96.3 cm³/mol. The monoisotopic (exact) mass is 310 g/mol. The maximum Gasteiger partial charge on any atom is 0.229 e. The molecule has 23 heavy (non-hydrogen) atoms. The van der Waals surface area contributed by atoms with Crippen molar-refractivity contribution in [2.45, 2.75) is 57.9 Å². The molecule has 2 aromatic rings. The lowest BCUT2D eigenvalue weighted by Crippen LogP contribution is -2.23. The maximum absolute atomic E-state index is 4.63. The van der Waals surface area contributed by atoms with Gasteiger partial charge in [0.05, 0.1) is 0 Å². The molecule has 1 aliphatic carbocycles. The van der Waals surface area contributed by atoms with Gasteiger partial charge in [0, 0.05) is 17.9 Å². The molecule has 122 valence electrons. The first-order valence-electron chi connectivity index (χ1n) is 8.68. The Morgan fingerprint density at radius 2 is 1.83 bits per heavy atom. The molecular weight excluding hydrogens is 284 g/mol. The molecule has 0 radical (unpaired) electrons. The van der Waals surface area contributed by atoms with Gasteiger partial charge in [-0.15, -0.1) is 0 Å². The second kappa shape index (κ2) is 7.44. The second-order valence-corrected chi connectivity index (χ2v) is 6.61. The van der Waals surface area contributed by atoms with E-state index in [0.717, 1.165) is 11.5 Å². The minimum absolute atomic E-state index is 0.460. The molecule has 1 aromatic heterocycles. The summed E-state index contributed by atoms with van der Waals surface area (Å²) >= 11 is 0. The Labute approximate surface area is 138 Å². The summed E-state index contributed by atoms with van der Waals surface area (Å²) in [6.45, 7) is 4.39. The molecule has 0 spiro atoms. The molecular formula is C19H26N4. The molecule has 0 saturated heterocycles. The molecule has 4 heteroatoms. The van der Waals surface area contributed by atoms with Crippen LogP contribution in [-0.4, -0.2) is 16.0 Å². The molecule has 0 aliphatic heterocycles. The Kier molecular flexibility index (Phi) is 5.11. The van der Waals surface area contributed by atoms with Gasteiger partial charge in [0.15, 0.2) is 0 Å². The molecule has 4 nitrogen and oxygen atoms in total. The molecule has 2 N–H and O–H groups in total. The van der Waals surface area contributed by atoms with Crippen molar-refractivity contribution in [1.82, 2.24) is 9.97 Å². The van der Waals surface area contributed by atoms with Crippen LogP contribution in [0.2, 0.25) is 0 Å². The van der Waals surface area contributed by atoms with Gasteiger partial charge in [0.1, 0.15) is 5.82 Å². The third-order valence-electron chi connectivity index (χ3n) is 4.44. The molecule has 0 amide bonds. The lowest BCUT2D eigenvalue weighted by Gasteiger charge is -2.23. The Bertz CT molecular complexity index is 633. The summed E-state index contributed by atoms with van der Waals surface area (Å²) < 4.78 is 0. The van der Waals surface area contributed by atoms with Gasteiger partial charge in [0.25, 0.3) is 0 Å². The number of nitrogens with one attached hydrogen (secondary N) is 2. The lowest BCUT2D eigenvalue weighted by atomic mass is 9.95. The van der Waals surface area contributed by atoms with Gasteiger partial charge in [0.2, 0.25) is 5.95 Å². The van der Waals surface area contributed by atoms with Crippen molar-refractivity contribution in [3.05, 3.63) is 42.1 Å². The minimum Gasteiger partial charge on any atom is -0.367 e. The first-order valence-corrected chi connectivity index (χ1v) is 8.68. The number of hydrogen-bond donors (Lipinski definition) is 2. The second-order valence-electron chi connectivity index (χ2n) is 6.61. The molecule has 1 heterocycles. The van der Waals surface area contributed by atoms with Crippen LogP contribution < -0.4 is 10.6 Å². The summed E-state index contributed by atoms with van der Waals surface area (Å²) in [6.07, 6.45) is 8.29. The first-order chi connectivity index (χ1) is 11.2. The Morgan fingerprint density at radius 3 is 2.61 bits per heavy atom. The minimum atomic E-state index is 0.460. The third kappa shape index (κ3) is 4.21. The van der Waals surface area contributed by atoms with Gasteiger partial charge in [-0.25, -0.2) is 4.98 Å². The summed E-state index contributed by atoms with van der Waals surface area (Å²) in [6, 6.07) is 10.8. The van der Waals surface area contributed by atoms with Crippen molar-refractivity contribution in [3.63, 3.8) is 0 Å². The average Bonchev–Trinajstić information content (AvgIpc) is 2.56. The van der Waals surface area contributed by atoms with Crippen molar-refractivity contribution < 1.29 is 0 Å². The fourth-order valence-corrected chi connectivity index (χ4v) is 3.19. The number of para-hydroxylation sites is 1. The van der Waals surface area contributed by atoms with Gasteiger partial charge in [-0.05, 0) is 36.5 Å². The normalized spacial score (nSPS) is 15.6. The van der Waals surface area contributed by atoms with E-state index in [1.807, 2.05) is 18.3 Å². The van der Waals surface area contributed by atoms with E-state index in [1.165, 1.54) is 37.7 Å². The zero-order valence-electron chi connectivity index (χ0n) is 14.0. The summed E-state index contributed by atoms with van der Waals surface area (Å²) in [5.41, 5.74) is 2.36. The molecule has 0 bridgehead atoms. The molecule has 1 saturated carbocycles.